The van der Waals surface area contributed by atoms with E-state index >= 15 is 0 Å². The van der Waals surface area contributed by atoms with E-state index in [0.717, 1.165) is 4.47 Å². The summed E-state index contributed by atoms with van der Waals surface area (Å²) < 4.78 is 23.6. The number of hydrogen-bond acceptors (Lipinski definition) is 4. The summed E-state index contributed by atoms with van der Waals surface area (Å²) in [7, 11) is -3.71. The number of amides is 1. The normalized spacial score (nSPS) is 19.9. The van der Waals surface area contributed by atoms with Gasteiger partial charge in [-0.3, -0.25) is 9.59 Å². The number of nitrogens with zero attached hydrogens (tertiary/aromatic N) is 1. The van der Waals surface area contributed by atoms with Gasteiger partial charge < -0.3 is 0 Å². The van der Waals surface area contributed by atoms with Crippen molar-refractivity contribution in [3.8, 4) is 0 Å². The highest BCUT2D eigenvalue weighted by molar-refractivity contribution is 9.10. The lowest BCUT2D eigenvalue weighted by Gasteiger charge is -2.42. The minimum absolute atomic E-state index is 0.363. The summed E-state index contributed by atoms with van der Waals surface area (Å²) in [6.45, 7) is 2.23. The Labute approximate surface area is 119 Å². The van der Waals surface area contributed by atoms with Crippen molar-refractivity contribution < 1.29 is 18.0 Å². The van der Waals surface area contributed by atoms with Crippen LogP contribution >= 0.6 is 15.9 Å². The van der Waals surface area contributed by atoms with Crippen molar-refractivity contribution in [3.05, 3.63) is 34.3 Å². The lowest BCUT2D eigenvalue weighted by molar-refractivity contribution is -0.131. The highest BCUT2D eigenvalue weighted by Gasteiger charge is 2.60. The molecule has 1 aromatic rings. The first-order chi connectivity index (χ1) is 8.68. The summed E-state index contributed by atoms with van der Waals surface area (Å²) in [6, 6.07) is 6.60. The van der Waals surface area contributed by atoms with Crippen molar-refractivity contribution in [3.63, 3.8) is 0 Å². The maximum atomic E-state index is 12.0. The minimum Gasteiger partial charge on any atom is -0.292 e. The molecular formula is C12H12BrNO4S. The van der Waals surface area contributed by atoms with Crippen LogP contribution in [-0.2, 0) is 14.8 Å². The van der Waals surface area contributed by atoms with Crippen LogP contribution in [0, 0.1) is 0 Å². The number of carbonyl (C=O) groups excluding carboxylic acids is 2. The van der Waals surface area contributed by atoms with E-state index in [2.05, 4.69) is 15.9 Å². The van der Waals surface area contributed by atoms with Gasteiger partial charge in [0.2, 0.25) is 0 Å². The highest BCUT2D eigenvalue weighted by atomic mass is 79.9. The first kappa shape index (κ1) is 14.2. The van der Waals surface area contributed by atoms with Crippen molar-refractivity contribution in [2.45, 2.75) is 18.6 Å². The van der Waals surface area contributed by atoms with Crippen molar-refractivity contribution in [1.29, 1.82) is 0 Å². The van der Waals surface area contributed by atoms with Gasteiger partial charge in [0.1, 0.15) is 6.54 Å². The Morgan fingerprint density at radius 2 is 2.00 bits per heavy atom. The zero-order valence-electron chi connectivity index (χ0n) is 10.4. The van der Waals surface area contributed by atoms with E-state index < -0.39 is 33.0 Å². The summed E-state index contributed by atoms with van der Waals surface area (Å²) in [6.07, 6.45) is 0. The Kier molecular flexibility index (Phi) is 3.30. The lowest BCUT2D eigenvalue weighted by atomic mass is 10.1. The molecule has 0 bridgehead atoms. The fourth-order valence-corrected chi connectivity index (χ4v) is 3.68. The van der Waals surface area contributed by atoms with E-state index in [1.807, 2.05) is 0 Å². The Balaban J connectivity index is 2.20. The van der Waals surface area contributed by atoms with E-state index in [1.54, 1.807) is 24.3 Å². The van der Waals surface area contributed by atoms with Gasteiger partial charge in [0.25, 0.3) is 15.9 Å². The second-order valence-corrected chi connectivity index (χ2v) is 8.09. The van der Waals surface area contributed by atoms with Crippen LogP contribution < -0.4 is 0 Å². The summed E-state index contributed by atoms with van der Waals surface area (Å²) >= 11 is 3.23. The summed E-state index contributed by atoms with van der Waals surface area (Å²) in [5.41, 5.74) is 0.363. The fraction of sp³-hybridized carbons (Fsp3) is 0.333. The van der Waals surface area contributed by atoms with Gasteiger partial charge in [-0.2, -0.15) is 0 Å². The van der Waals surface area contributed by atoms with Crippen LogP contribution in [0.5, 0.6) is 0 Å². The van der Waals surface area contributed by atoms with E-state index in [1.165, 1.54) is 13.8 Å². The van der Waals surface area contributed by atoms with Crippen molar-refractivity contribution in [2.24, 2.45) is 0 Å². The first-order valence-corrected chi connectivity index (χ1v) is 7.77. The third-order valence-electron chi connectivity index (χ3n) is 3.11. The number of ketones is 1. The van der Waals surface area contributed by atoms with Crippen LogP contribution in [-0.4, -0.2) is 35.7 Å². The summed E-state index contributed by atoms with van der Waals surface area (Å²) in [5.74, 6) is -0.954. The Morgan fingerprint density at radius 3 is 2.53 bits per heavy atom. The number of hydrogen-bond donors (Lipinski definition) is 0. The Bertz CT molecular complexity index is 666. The van der Waals surface area contributed by atoms with Crippen LogP contribution in [0.15, 0.2) is 28.7 Å². The number of Topliss-reactive ketones (excluding diaryl/α,β-unsaturated/α-hetero) is 1. The Hall–Kier alpha value is -1.21. The van der Waals surface area contributed by atoms with E-state index in [9.17, 15) is 18.0 Å². The highest BCUT2D eigenvalue weighted by Crippen LogP contribution is 2.34. The summed E-state index contributed by atoms with van der Waals surface area (Å²) in [5, 5.41) is 0. The SMILES string of the molecule is CC1(C)C(=O)N(CC(=O)c2cccc(Br)c2)S1(=O)=O. The van der Waals surface area contributed by atoms with Gasteiger partial charge in [0.15, 0.2) is 10.5 Å². The molecule has 102 valence electrons. The molecule has 7 heteroatoms. The quantitative estimate of drug-likeness (QED) is 0.779. The smallest absolute Gasteiger partial charge is 0.259 e. The number of benzene rings is 1. The Morgan fingerprint density at radius 1 is 1.37 bits per heavy atom. The number of carbonyl (C=O) groups is 2. The van der Waals surface area contributed by atoms with Crippen LogP contribution in [0.3, 0.4) is 0 Å². The molecule has 0 aromatic heterocycles. The molecule has 1 aromatic carbocycles. The molecular weight excluding hydrogens is 334 g/mol. The molecule has 1 fully saturated rings. The topological polar surface area (TPSA) is 71.5 Å². The average Bonchev–Trinajstić information content (AvgIpc) is 2.34. The maximum absolute atomic E-state index is 12.0. The molecule has 0 saturated carbocycles. The monoisotopic (exact) mass is 345 g/mol. The molecule has 2 rings (SSSR count). The van der Waals surface area contributed by atoms with E-state index in [0.29, 0.717) is 9.87 Å². The standard InChI is InChI=1S/C12H12BrNO4S/c1-12(2)11(16)14(19(12,17)18)7-10(15)8-4-3-5-9(13)6-8/h3-6H,7H2,1-2H3. The lowest BCUT2D eigenvalue weighted by Crippen LogP contribution is -2.68. The minimum atomic E-state index is -3.71. The average molecular weight is 346 g/mol. The molecule has 0 aliphatic carbocycles. The van der Waals surface area contributed by atoms with Crippen LogP contribution in [0.25, 0.3) is 0 Å². The van der Waals surface area contributed by atoms with Gasteiger partial charge in [-0.15, -0.1) is 0 Å². The molecule has 5 nitrogen and oxygen atoms in total. The molecule has 1 amide bonds. The molecule has 1 heterocycles. The van der Waals surface area contributed by atoms with Gasteiger partial charge in [-0.25, -0.2) is 12.7 Å². The van der Waals surface area contributed by atoms with Crippen LogP contribution in [0.1, 0.15) is 24.2 Å². The van der Waals surface area contributed by atoms with Gasteiger partial charge in [-0.1, -0.05) is 28.1 Å². The van der Waals surface area contributed by atoms with Crippen molar-refractivity contribution in [1.82, 2.24) is 4.31 Å². The predicted molar refractivity (Wildman–Crippen MR) is 73.2 cm³/mol. The van der Waals surface area contributed by atoms with E-state index in [-0.39, 0.29) is 0 Å². The number of rotatable bonds is 3. The zero-order valence-corrected chi connectivity index (χ0v) is 12.8. The van der Waals surface area contributed by atoms with Crippen LogP contribution in [0.4, 0.5) is 0 Å². The molecule has 0 N–H and O–H groups in total. The second kappa shape index (κ2) is 4.42. The first-order valence-electron chi connectivity index (χ1n) is 5.53. The van der Waals surface area contributed by atoms with Crippen molar-refractivity contribution in [2.75, 3.05) is 6.54 Å². The third kappa shape index (κ3) is 2.10. The number of sulfonamides is 1. The zero-order chi connectivity index (χ0) is 14.4. The molecule has 0 atom stereocenters. The molecule has 1 aliphatic heterocycles. The fourth-order valence-electron chi connectivity index (χ4n) is 1.80. The van der Waals surface area contributed by atoms with E-state index in [4.69, 9.17) is 0 Å². The molecule has 19 heavy (non-hydrogen) atoms. The molecule has 1 aliphatic rings. The van der Waals surface area contributed by atoms with Crippen LogP contribution in [0.2, 0.25) is 0 Å². The number of halogens is 1. The molecule has 0 radical (unpaired) electrons. The maximum Gasteiger partial charge on any atom is 0.259 e. The molecule has 0 unspecified atom stereocenters. The molecule has 1 saturated heterocycles. The van der Waals surface area contributed by atoms with Gasteiger partial charge in [-0.05, 0) is 26.0 Å². The molecule has 0 spiro atoms. The van der Waals surface area contributed by atoms with Crippen molar-refractivity contribution >= 4 is 37.6 Å². The predicted octanol–water partition coefficient (Wildman–Crippen LogP) is 1.58. The largest absolute Gasteiger partial charge is 0.292 e. The van der Waals surface area contributed by atoms with Gasteiger partial charge in [0, 0.05) is 10.0 Å². The van der Waals surface area contributed by atoms with Gasteiger partial charge in [0.05, 0.1) is 0 Å². The second-order valence-electron chi connectivity index (χ2n) is 4.76. The van der Waals surface area contributed by atoms with Gasteiger partial charge >= 0.3 is 0 Å². The summed E-state index contributed by atoms with van der Waals surface area (Å²) in [4.78, 5) is 23.7. The third-order valence-corrected chi connectivity index (χ3v) is 5.94.